The van der Waals surface area contributed by atoms with Gasteiger partial charge >= 0.3 is 0 Å². The highest BCUT2D eigenvalue weighted by Gasteiger charge is 2.28. The Morgan fingerprint density at radius 2 is 1.54 bits per heavy atom. The molecule has 2 aromatic carbocycles. The summed E-state index contributed by atoms with van der Waals surface area (Å²) in [5.41, 5.74) is 3.52. The average Bonchev–Trinajstić information content (AvgIpc) is 2.67. The molecular weight excluding hydrogens is 370 g/mol. The second-order valence-corrected chi connectivity index (χ2v) is 10.4. The van der Waals surface area contributed by atoms with Crippen LogP contribution in [0.5, 0.6) is 0 Å². The van der Waals surface area contributed by atoms with Crippen molar-refractivity contribution in [2.45, 2.75) is 44.7 Å². The van der Waals surface area contributed by atoms with Gasteiger partial charge in [0.05, 0.1) is 4.90 Å². The SMILES string of the molecule is Cc1ccccc1N1CCN(S(=O)(=O)c2ccc(CNC(C)(C)C)cc2)CC1. The zero-order chi connectivity index (χ0) is 20.4. The van der Waals surface area contributed by atoms with Crippen LogP contribution in [0.15, 0.2) is 53.4 Å². The van der Waals surface area contributed by atoms with Crippen molar-refractivity contribution in [1.82, 2.24) is 9.62 Å². The zero-order valence-electron chi connectivity index (χ0n) is 17.3. The van der Waals surface area contributed by atoms with Crippen molar-refractivity contribution in [2.24, 2.45) is 0 Å². The molecule has 5 nitrogen and oxygen atoms in total. The quantitative estimate of drug-likeness (QED) is 0.834. The smallest absolute Gasteiger partial charge is 0.243 e. The summed E-state index contributed by atoms with van der Waals surface area (Å²) in [6.07, 6.45) is 0. The van der Waals surface area contributed by atoms with Crippen LogP contribution < -0.4 is 10.2 Å². The summed E-state index contributed by atoms with van der Waals surface area (Å²) in [5, 5.41) is 3.42. The Hall–Kier alpha value is -1.89. The number of aryl methyl sites for hydroxylation is 1. The number of nitrogens with one attached hydrogen (secondary N) is 1. The summed E-state index contributed by atoms with van der Waals surface area (Å²) < 4.78 is 27.6. The lowest BCUT2D eigenvalue weighted by molar-refractivity contribution is 0.384. The molecule has 0 radical (unpaired) electrons. The fourth-order valence-electron chi connectivity index (χ4n) is 3.38. The van der Waals surface area contributed by atoms with Crippen molar-refractivity contribution in [3.63, 3.8) is 0 Å². The minimum absolute atomic E-state index is 0.0293. The molecule has 0 aliphatic carbocycles. The molecule has 2 aromatic rings. The summed E-state index contributed by atoms with van der Waals surface area (Å²) in [6, 6.07) is 15.5. The maximum atomic E-state index is 13.0. The molecule has 6 heteroatoms. The average molecular weight is 402 g/mol. The van der Waals surface area contributed by atoms with Crippen molar-refractivity contribution < 1.29 is 8.42 Å². The highest BCUT2D eigenvalue weighted by molar-refractivity contribution is 7.89. The topological polar surface area (TPSA) is 52.7 Å². The molecule has 0 amide bonds. The minimum Gasteiger partial charge on any atom is -0.369 e. The van der Waals surface area contributed by atoms with E-state index >= 15 is 0 Å². The monoisotopic (exact) mass is 401 g/mol. The van der Waals surface area contributed by atoms with Crippen LogP contribution in [-0.2, 0) is 16.6 Å². The number of para-hydroxylation sites is 1. The first-order valence-electron chi connectivity index (χ1n) is 9.81. The molecule has 0 spiro atoms. The molecule has 0 unspecified atom stereocenters. The normalized spacial score (nSPS) is 16.4. The van der Waals surface area contributed by atoms with E-state index in [1.165, 1.54) is 11.3 Å². The van der Waals surface area contributed by atoms with E-state index in [4.69, 9.17) is 0 Å². The molecule has 1 aliphatic rings. The van der Waals surface area contributed by atoms with Crippen LogP contribution in [0, 0.1) is 6.92 Å². The van der Waals surface area contributed by atoms with Gasteiger partial charge in [0, 0.05) is 44.0 Å². The van der Waals surface area contributed by atoms with Gasteiger partial charge in [-0.3, -0.25) is 0 Å². The Morgan fingerprint density at radius 1 is 0.929 bits per heavy atom. The predicted octanol–water partition coefficient (Wildman–Crippen LogP) is 3.39. The Labute approximate surface area is 169 Å². The number of hydrogen-bond donors (Lipinski definition) is 1. The number of benzene rings is 2. The maximum Gasteiger partial charge on any atom is 0.243 e. The van der Waals surface area contributed by atoms with Crippen LogP contribution in [0.25, 0.3) is 0 Å². The zero-order valence-corrected chi connectivity index (χ0v) is 18.1. The van der Waals surface area contributed by atoms with Gasteiger partial charge in [-0.25, -0.2) is 8.42 Å². The van der Waals surface area contributed by atoms with E-state index in [1.807, 2.05) is 24.3 Å². The molecule has 28 heavy (non-hydrogen) atoms. The Bertz CT molecular complexity index is 894. The van der Waals surface area contributed by atoms with Crippen LogP contribution in [0.3, 0.4) is 0 Å². The number of anilines is 1. The van der Waals surface area contributed by atoms with Crippen molar-refractivity contribution in [1.29, 1.82) is 0 Å². The van der Waals surface area contributed by atoms with Gasteiger partial charge in [-0.15, -0.1) is 0 Å². The van der Waals surface area contributed by atoms with Crippen molar-refractivity contribution in [3.05, 3.63) is 59.7 Å². The van der Waals surface area contributed by atoms with Crippen molar-refractivity contribution in [3.8, 4) is 0 Å². The standard InChI is InChI=1S/C22H31N3O2S/c1-18-7-5-6-8-21(18)24-13-15-25(16-14-24)28(26,27)20-11-9-19(10-12-20)17-23-22(2,3)4/h5-12,23H,13-17H2,1-4H3. The number of hydrogen-bond acceptors (Lipinski definition) is 4. The summed E-state index contributed by atoms with van der Waals surface area (Å²) in [4.78, 5) is 2.64. The van der Waals surface area contributed by atoms with Gasteiger partial charge in [0.2, 0.25) is 10.0 Å². The van der Waals surface area contributed by atoms with Crippen molar-refractivity contribution >= 4 is 15.7 Å². The maximum absolute atomic E-state index is 13.0. The fraction of sp³-hybridized carbons (Fsp3) is 0.455. The van der Waals surface area contributed by atoms with Gasteiger partial charge in [-0.05, 0) is 57.0 Å². The highest BCUT2D eigenvalue weighted by atomic mass is 32.2. The third-order valence-corrected chi connectivity index (χ3v) is 6.99. The lowest BCUT2D eigenvalue weighted by Crippen LogP contribution is -2.48. The first-order valence-corrected chi connectivity index (χ1v) is 11.3. The van der Waals surface area contributed by atoms with Gasteiger partial charge in [-0.1, -0.05) is 30.3 Å². The molecule has 1 fully saturated rings. The number of piperazine rings is 1. The van der Waals surface area contributed by atoms with Crippen LogP contribution in [0.4, 0.5) is 5.69 Å². The summed E-state index contributed by atoms with van der Waals surface area (Å²) >= 11 is 0. The fourth-order valence-corrected chi connectivity index (χ4v) is 4.81. The molecule has 0 atom stereocenters. The first-order chi connectivity index (χ1) is 13.2. The van der Waals surface area contributed by atoms with E-state index in [1.54, 1.807) is 16.4 Å². The lowest BCUT2D eigenvalue weighted by atomic mass is 10.1. The van der Waals surface area contributed by atoms with Crippen LogP contribution in [0.1, 0.15) is 31.9 Å². The molecule has 3 rings (SSSR count). The Morgan fingerprint density at radius 3 is 2.11 bits per heavy atom. The number of nitrogens with zero attached hydrogens (tertiary/aromatic N) is 2. The third kappa shape index (κ3) is 4.93. The van der Waals surface area contributed by atoms with Gasteiger partial charge in [0.15, 0.2) is 0 Å². The van der Waals surface area contributed by atoms with Gasteiger partial charge in [-0.2, -0.15) is 4.31 Å². The van der Waals surface area contributed by atoms with E-state index in [9.17, 15) is 8.42 Å². The van der Waals surface area contributed by atoms with Crippen molar-refractivity contribution in [2.75, 3.05) is 31.1 Å². The molecule has 152 valence electrons. The molecule has 0 aromatic heterocycles. The molecule has 1 aliphatic heterocycles. The van der Waals surface area contributed by atoms with Gasteiger partial charge in [0.25, 0.3) is 0 Å². The molecular formula is C22H31N3O2S. The predicted molar refractivity (Wildman–Crippen MR) is 115 cm³/mol. The van der Waals surface area contributed by atoms with E-state index < -0.39 is 10.0 Å². The van der Waals surface area contributed by atoms with Gasteiger partial charge < -0.3 is 10.2 Å². The second kappa shape index (κ2) is 8.23. The van der Waals surface area contributed by atoms with Crippen LogP contribution >= 0.6 is 0 Å². The first kappa shape index (κ1) is 20.8. The second-order valence-electron chi connectivity index (χ2n) is 8.43. The molecule has 0 saturated carbocycles. The molecule has 1 N–H and O–H groups in total. The largest absolute Gasteiger partial charge is 0.369 e. The molecule has 1 saturated heterocycles. The molecule has 0 bridgehead atoms. The molecule has 1 heterocycles. The van der Waals surface area contributed by atoms with E-state index in [-0.39, 0.29) is 5.54 Å². The summed E-state index contributed by atoms with van der Waals surface area (Å²) in [5.74, 6) is 0. The van der Waals surface area contributed by atoms with E-state index in [0.717, 1.165) is 12.1 Å². The summed E-state index contributed by atoms with van der Waals surface area (Å²) in [7, 11) is -3.45. The Balaban J connectivity index is 1.65. The number of sulfonamides is 1. The third-order valence-electron chi connectivity index (χ3n) is 5.08. The van der Waals surface area contributed by atoms with E-state index in [0.29, 0.717) is 31.1 Å². The van der Waals surface area contributed by atoms with Crippen LogP contribution in [-0.4, -0.2) is 44.4 Å². The minimum atomic E-state index is -3.45. The summed E-state index contributed by atoms with van der Waals surface area (Å²) in [6.45, 7) is 11.6. The lowest BCUT2D eigenvalue weighted by Gasteiger charge is -2.36. The number of rotatable bonds is 5. The highest BCUT2D eigenvalue weighted by Crippen LogP contribution is 2.24. The van der Waals surface area contributed by atoms with Gasteiger partial charge in [0.1, 0.15) is 0 Å². The Kier molecular flexibility index (Phi) is 6.12. The van der Waals surface area contributed by atoms with E-state index in [2.05, 4.69) is 50.0 Å². The van der Waals surface area contributed by atoms with Crippen LogP contribution in [0.2, 0.25) is 0 Å².